The first kappa shape index (κ1) is 15.8. The SMILES string of the molecule is Cc1cnn(C2CCC(NC(=O)CCc3ccnn3C)CC2)c1. The number of nitrogens with zero attached hydrogens (tertiary/aromatic N) is 4. The van der Waals surface area contributed by atoms with E-state index in [2.05, 4.69) is 33.3 Å². The Morgan fingerprint density at radius 3 is 2.70 bits per heavy atom. The number of rotatable bonds is 5. The molecule has 0 saturated heterocycles. The Balaban J connectivity index is 1.41. The van der Waals surface area contributed by atoms with Crippen LogP contribution in [0, 0.1) is 6.92 Å². The van der Waals surface area contributed by atoms with Gasteiger partial charge in [-0.25, -0.2) is 0 Å². The zero-order valence-electron chi connectivity index (χ0n) is 13.9. The lowest BCUT2D eigenvalue weighted by atomic mass is 9.91. The van der Waals surface area contributed by atoms with E-state index >= 15 is 0 Å². The molecule has 1 N–H and O–H groups in total. The minimum absolute atomic E-state index is 0.143. The van der Waals surface area contributed by atoms with E-state index in [9.17, 15) is 4.79 Å². The third-order valence-electron chi connectivity index (χ3n) is 4.70. The number of amides is 1. The summed E-state index contributed by atoms with van der Waals surface area (Å²) < 4.78 is 3.90. The Kier molecular flexibility index (Phi) is 4.79. The molecule has 0 bridgehead atoms. The maximum Gasteiger partial charge on any atom is 0.220 e. The first-order valence-electron chi connectivity index (χ1n) is 8.39. The summed E-state index contributed by atoms with van der Waals surface area (Å²) in [5.74, 6) is 0.143. The van der Waals surface area contributed by atoms with Gasteiger partial charge in [-0.3, -0.25) is 14.2 Å². The van der Waals surface area contributed by atoms with Crippen LogP contribution in [0.5, 0.6) is 0 Å². The monoisotopic (exact) mass is 315 g/mol. The van der Waals surface area contributed by atoms with Gasteiger partial charge >= 0.3 is 0 Å². The van der Waals surface area contributed by atoms with E-state index in [0.717, 1.165) is 37.8 Å². The van der Waals surface area contributed by atoms with Crippen LogP contribution in [0.3, 0.4) is 0 Å². The van der Waals surface area contributed by atoms with Crippen molar-refractivity contribution in [2.24, 2.45) is 7.05 Å². The minimum atomic E-state index is 0.143. The number of hydrogen-bond donors (Lipinski definition) is 1. The lowest BCUT2D eigenvalue weighted by Gasteiger charge is -2.29. The average Bonchev–Trinajstić information content (AvgIpc) is 3.15. The molecule has 0 radical (unpaired) electrons. The molecular formula is C17H25N5O. The molecule has 6 nitrogen and oxygen atoms in total. The van der Waals surface area contributed by atoms with Crippen molar-refractivity contribution in [2.75, 3.05) is 0 Å². The zero-order chi connectivity index (χ0) is 16.2. The van der Waals surface area contributed by atoms with Gasteiger partial charge < -0.3 is 5.32 Å². The van der Waals surface area contributed by atoms with Crippen LogP contribution in [-0.2, 0) is 18.3 Å². The fraction of sp³-hybridized carbons (Fsp3) is 0.588. The minimum Gasteiger partial charge on any atom is -0.353 e. The van der Waals surface area contributed by atoms with Crippen LogP contribution in [0.4, 0.5) is 0 Å². The van der Waals surface area contributed by atoms with Gasteiger partial charge in [0.2, 0.25) is 5.91 Å². The molecule has 23 heavy (non-hydrogen) atoms. The second kappa shape index (κ2) is 6.98. The van der Waals surface area contributed by atoms with Crippen molar-refractivity contribution in [3.05, 3.63) is 35.9 Å². The summed E-state index contributed by atoms with van der Waals surface area (Å²) in [5, 5.41) is 11.7. The van der Waals surface area contributed by atoms with Crippen molar-refractivity contribution in [3.8, 4) is 0 Å². The number of carbonyl (C=O) groups is 1. The normalized spacial score (nSPS) is 21.3. The molecule has 124 valence electrons. The van der Waals surface area contributed by atoms with Crippen molar-refractivity contribution in [2.45, 2.75) is 57.5 Å². The Labute approximate surface area is 136 Å². The molecule has 1 saturated carbocycles. The molecule has 0 unspecified atom stereocenters. The molecule has 2 aromatic heterocycles. The summed E-state index contributed by atoms with van der Waals surface area (Å²) in [4.78, 5) is 12.1. The molecule has 2 heterocycles. The number of hydrogen-bond acceptors (Lipinski definition) is 3. The highest BCUT2D eigenvalue weighted by Gasteiger charge is 2.23. The molecule has 0 atom stereocenters. The first-order valence-corrected chi connectivity index (χ1v) is 8.39. The molecule has 1 amide bonds. The summed E-state index contributed by atoms with van der Waals surface area (Å²) in [6, 6.07) is 2.75. The van der Waals surface area contributed by atoms with Gasteiger partial charge in [-0.2, -0.15) is 10.2 Å². The standard InChI is InChI=1S/C17H25N5O/c1-13-11-19-22(12-13)16-5-3-14(4-6-16)20-17(23)8-7-15-9-10-18-21(15)2/h9-12,14,16H,3-8H2,1-2H3,(H,20,23). The van der Waals surface area contributed by atoms with Crippen molar-refractivity contribution >= 4 is 5.91 Å². The molecule has 1 fully saturated rings. The Morgan fingerprint density at radius 2 is 2.09 bits per heavy atom. The van der Waals surface area contributed by atoms with Crippen LogP contribution in [0.25, 0.3) is 0 Å². The fourth-order valence-electron chi connectivity index (χ4n) is 3.31. The molecule has 0 spiro atoms. The van der Waals surface area contributed by atoms with Crippen molar-refractivity contribution in [1.82, 2.24) is 24.9 Å². The quantitative estimate of drug-likeness (QED) is 0.919. The Hall–Kier alpha value is -2.11. The Morgan fingerprint density at radius 1 is 1.30 bits per heavy atom. The molecule has 1 aliphatic rings. The summed E-state index contributed by atoms with van der Waals surface area (Å²) in [5.41, 5.74) is 2.30. The highest BCUT2D eigenvalue weighted by molar-refractivity contribution is 5.76. The van der Waals surface area contributed by atoms with Gasteiger partial charge in [-0.1, -0.05) is 0 Å². The smallest absolute Gasteiger partial charge is 0.220 e. The van der Waals surface area contributed by atoms with E-state index in [0.29, 0.717) is 18.5 Å². The van der Waals surface area contributed by atoms with Gasteiger partial charge in [0.1, 0.15) is 0 Å². The second-order valence-electron chi connectivity index (χ2n) is 6.52. The number of nitrogens with one attached hydrogen (secondary N) is 1. The lowest BCUT2D eigenvalue weighted by Crippen LogP contribution is -2.38. The number of carbonyl (C=O) groups excluding carboxylic acids is 1. The molecule has 0 aromatic carbocycles. The van der Waals surface area contributed by atoms with Crippen molar-refractivity contribution in [3.63, 3.8) is 0 Å². The Bertz CT molecular complexity index is 651. The van der Waals surface area contributed by atoms with Gasteiger partial charge in [0, 0.05) is 37.6 Å². The molecule has 1 aliphatic carbocycles. The topological polar surface area (TPSA) is 64.7 Å². The van der Waals surface area contributed by atoms with Crippen molar-refractivity contribution < 1.29 is 4.79 Å². The van der Waals surface area contributed by atoms with Gasteiger partial charge in [0.05, 0.1) is 12.2 Å². The number of aryl methyl sites for hydroxylation is 3. The molecule has 0 aliphatic heterocycles. The van der Waals surface area contributed by atoms with Crippen LogP contribution in [-0.4, -0.2) is 31.5 Å². The molecule has 2 aromatic rings. The van der Waals surface area contributed by atoms with E-state index in [1.165, 1.54) is 5.56 Å². The van der Waals surface area contributed by atoms with E-state index in [1.54, 1.807) is 6.20 Å². The third kappa shape index (κ3) is 4.00. The van der Waals surface area contributed by atoms with Crippen LogP contribution < -0.4 is 5.32 Å². The number of aromatic nitrogens is 4. The maximum absolute atomic E-state index is 12.1. The van der Waals surface area contributed by atoms with E-state index < -0.39 is 0 Å². The first-order chi connectivity index (χ1) is 11.1. The lowest BCUT2D eigenvalue weighted by molar-refractivity contribution is -0.122. The summed E-state index contributed by atoms with van der Waals surface area (Å²) in [6.07, 6.45) is 11.3. The molecule has 3 rings (SSSR count). The summed E-state index contributed by atoms with van der Waals surface area (Å²) in [6.45, 7) is 2.07. The predicted molar refractivity (Wildman–Crippen MR) is 87.9 cm³/mol. The fourth-order valence-corrected chi connectivity index (χ4v) is 3.31. The van der Waals surface area contributed by atoms with E-state index in [1.807, 2.05) is 24.0 Å². The van der Waals surface area contributed by atoms with Crippen molar-refractivity contribution in [1.29, 1.82) is 0 Å². The van der Waals surface area contributed by atoms with Gasteiger partial charge in [-0.15, -0.1) is 0 Å². The highest BCUT2D eigenvalue weighted by atomic mass is 16.1. The van der Waals surface area contributed by atoms with Gasteiger partial charge in [0.15, 0.2) is 0 Å². The third-order valence-corrected chi connectivity index (χ3v) is 4.70. The second-order valence-corrected chi connectivity index (χ2v) is 6.52. The highest BCUT2D eigenvalue weighted by Crippen LogP contribution is 2.28. The van der Waals surface area contributed by atoms with Crippen LogP contribution in [0.15, 0.2) is 24.7 Å². The van der Waals surface area contributed by atoms with E-state index in [-0.39, 0.29) is 5.91 Å². The largest absolute Gasteiger partial charge is 0.353 e. The predicted octanol–water partition coefficient (Wildman–Crippen LogP) is 2.16. The molecular weight excluding hydrogens is 290 g/mol. The average molecular weight is 315 g/mol. The summed E-state index contributed by atoms with van der Waals surface area (Å²) in [7, 11) is 1.91. The van der Waals surface area contributed by atoms with E-state index in [4.69, 9.17) is 0 Å². The van der Waals surface area contributed by atoms with Crippen LogP contribution in [0.1, 0.15) is 49.4 Å². The zero-order valence-corrected chi connectivity index (χ0v) is 13.9. The maximum atomic E-state index is 12.1. The van der Waals surface area contributed by atoms with Crippen LogP contribution in [0.2, 0.25) is 0 Å². The van der Waals surface area contributed by atoms with Crippen LogP contribution >= 0.6 is 0 Å². The van der Waals surface area contributed by atoms with Gasteiger partial charge in [-0.05, 0) is 50.7 Å². The van der Waals surface area contributed by atoms with Gasteiger partial charge in [0.25, 0.3) is 0 Å². The summed E-state index contributed by atoms with van der Waals surface area (Å²) >= 11 is 0. The molecule has 6 heteroatoms.